The summed E-state index contributed by atoms with van der Waals surface area (Å²) in [5.74, 6) is -1.47. The van der Waals surface area contributed by atoms with Crippen molar-refractivity contribution in [3.05, 3.63) is 11.1 Å². The van der Waals surface area contributed by atoms with Crippen molar-refractivity contribution in [1.82, 2.24) is 4.98 Å². The maximum atomic E-state index is 12.5. The maximum absolute atomic E-state index is 12.5. The first-order valence-corrected chi connectivity index (χ1v) is 5.92. The molecule has 1 unspecified atom stereocenters. The Morgan fingerprint density at radius 2 is 2.31 bits per heavy atom. The minimum absolute atomic E-state index is 0.237. The van der Waals surface area contributed by atoms with Gasteiger partial charge in [0.25, 0.3) is 0 Å². The zero-order valence-electron chi connectivity index (χ0n) is 8.11. The van der Waals surface area contributed by atoms with Gasteiger partial charge in [-0.15, -0.1) is 11.3 Å². The van der Waals surface area contributed by atoms with E-state index in [2.05, 4.69) is 4.98 Å². The lowest BCUT2D eigenvalue weighted by Gasteiger charge is -2.16. The minimum atomic E-state index is -4.54. The number of carboxylic acids is 1. The number of thiazole rings is 1. The molecule has 1 aromatic rings. The Balaban J connectivity index is 2.74. The highest BCUT2D eigenvalue weighted by Crippen LogP contribution is 2.38. The van der Waals surface area contributed by atoms with Crippen molar-refractivity contribution in [2.24, 2.45) is 0 Å². The first-order chi connectivity index (χ1) is 7.29. The number of hydrogen-bond acceptors (Lipinski definition) is 4. The summed E-state index contributed by atoms with van der Waals surface area (Å²) in [6, 6.07) is 0. The number of thioether (sulfide) groups is 1. The van der Waals surface area contributed by atoms with Crippen LogP contribution in [-0.4, -0.2) is 27.5 Å². The normalized spacial score (nSPS) is 13.8. The largest absolute Gasteiger partial charge is 0.481 e. The monoisotopic (exact) mass is 271 g/mol. The molecule has 1 N–H and O–H groups in total. The summed E-state index contributed by atoms with van der Waals surface area (Å²) in [5, 5.41) is 8.07. The van der Waals surface area contributed by atoms with Crippen molar-refractivity contribution < 1.29 is 23.1 Å². The van der Waals surface area contributed by atoms with Crippen molar-refractivity contribution in [1.29, 1.82) is 0 Å². The highest BCUT2D eigenvalue weighted by atomic mass is 32.2. The van der Waals surface area contributed by atoms with Gasteiger partial charge < -0.3 is 5.11 Å². The third-order valence-electron chi connectivity index (χ3n) is 1.57. The molecule has 0 amide bonds. The molecule has 0 saturated carbocycles. The second kappa shape index (κ2) is 5.05. The molecule has 0 fully saturated rings. The van der Waals surface area contributed by atoms with Crippen molar-refractivity contribution >= 4 is 29.1 Å². The van der Waals surface area contributed by atoms with Gasteiger partial charge in [0, 0.05) is 11.1 Å². The summed E-state index contributed by atoms with van der Waals surface area (Å²) < 4.78 is 37.6. The lowest BCUT2D eigenvalue weighted by atomic mass is 10.3. The second-order valence-corrected chi connectivity index (χ2v) is 5.31. The lowest BCUT2D eigenvalue weighted by molar-refractivity contribution is -0.149. The SMILES string of the molecule is Cc1csc(SC(CC(=O)O)C(F)(F)F)n1. The second-order valence-electron chi connectivity index (χ2n) is 3.00. The van der Waals surface area contributed by atoms with Gasteiger partial charge in [-0.2, -0.15) is 13.2 Å². The van der Waals surface area contributed by atoms with E-state index in [9.17, 15) is 18.0 Å². The van der Waals surface area contributed by atoms with Crippen LogP contribution in [0, 0.1) is 6.92 Å². The highest BCUT2D eigenvalue weighted by molar-refractivity contribution is 8.01. The maximum Gasteiger partial charge on any atom is 0.401 e. The summed E-state index contributed by atoms with van der Waals surface area (Å²) in [6.45, 7) is 1.67. The Morgan fingerprint density at radius 3 is 2.69 bits per heavy atom. The topological polar surface area (TPSA) is 50.2 Å². The summed E-state index contributed by atoms with van der Waals surface area (Å²) in [5.41, 5.74) is 0.628. The molecule has 1 aromatic heterocycles. The van der Waals surface area contributed by atoms with E-state index >= 15 is 0 Å². The molecule has 16 heavy (non-hydrogen) atoms. The molecule has 1 atom stereocenters. The minimum Gasteiger partial charge on any atom is -0.481 e. The molecule has 0 spiro atoms. The molecule has 90 valence electrons. The van der Waals surface area contributed by atoms with E-state index in [1.807, 2.05) is 0 Å². The van der Waals surface area contributed by atoms with Crippen molar-refractivity contribution in [2.75, 3.05) is 0 Å². The molecule has 3 nitrogen and oxygen atoms in total. The molecule has 1 rings (SSSR count). The lowest BCUT2D eigenvalue weighted by Crippen LogP contribution is -2.28. The van der Waals surface area contributed by atoms with E-state index in [-0.39, 0.29) is 4.34 Å². The first kappa shape index (κ1) is 13.3. The van der Waals surface area contributed by atoms with Crippen LogP contribution in [0.4, 0.5) is 13.2 Å². The number of aliphatic carboxylic acids is 1. The molecular weight excluding hydrogens is 263 g/mol. The summed E-state index contributed by atoms with van der Waals surface area (Å²) >= 11 is 1.53. The summed E-state index contributed by atoms with van der Waals surface area (Å²) in [4.78, 5) is 14.2. The number of rotatable bonds is 4. The van der Waals surface area contributed by atoms with Crippen molar-refractivity contribution in [2.45, 2.75) is 29.1 Å². The van der Waals surface area contributed by atoms with Crippen LogP contribution in [0.25, 0.3) is 0 Å². The smallest absolute Gasteiger partial charge is 0.401 e. The third-order valence-corrected chi connectivity index (χ3v) is 3.91. The Bertz CT molecular complexity index is 378. The van der Waals surface area contributed by atoms with Gasteiger partial charge >= 0.3 is 12.1 Å². The van der Waals surface area contributed by atoms with Crippen LogP contribution >= 0.6 is 23.1 Å². The molecular formula is C8H8F3NO2S2. The average molecular weight is 271 g/mol. The highest BCUT2D eigenvalue weighted by Gasteiger charge is 2.42. The van der Waals surface area contributed by atoms with E-state index in [1.165, 1.54) is 0 Å². The van der Waals surface area contributed by atoms with Gasteiger partial charge in [0.05, 0.1) is 6.42 Å². The molecule has 0 aromatic carbocycles. The van der Waals surface area contributed by atoms with E-state index < -0.39 is 23.8 Å². The third kappa shape index (κ3) is 4.01. The zero-order chi connectivity index (χ0) is 12.3. The Hall–Kier alpha value is -0.760. The number of hydrogen-bond donors (Lipinski definition) is 1. The zero-order valence-corrected chi connectivity index (χ0v) is 9.75. The molecule has 1 heterocycles. The molecule has 0 bridgehead atoms. The quantitative estimate of drug-likeness (QED) is 0.855. The van der Waals surface area contributed by atoms with E-state index in [0.717, 1.165) is 11.3 Å². The molecule has 0 aliphatic heterocycles. The number of nitrogens with zero attached hydrogens (tertiary/aromatic N) is 1. The van der Waals surface area contributed by atoms with Gasteiger partial charge in [-0.1, -0.05) is 11.8 Å². The number of aryl methyl sites for hydroxylation is 1. The molecule has 0 aliphatic carbocycles. The Labute approximate surface area is 97.7 Å². The van der Waals surface area contributed by atoms with E-state index in [1.54, 1.807) is 12.3 Å². The van der Waals surface area contributed by atoms with E-state index in [4.69, 9.17) is 5.11 Å². The van der Waals surface area contributed by atoms with Gasteiger partial charge in [-0.3, -0.25) is 4.79 Å². The van der Waals surface area contributed by atoms with Crippen molar-refractivity contribution in [3.63, 3.8) is 0 Å². The van der Waals surface area contributed by atoms with Crippen LogP contribution in [0.1, 0.15) is 12.1 Å². The fourth-order valence-corrected chi connectivity index (χ4v) is 2.93. The predicted molar refractivity (Wildman–Crippen MR) is 54.8 cm³/mol. The van der Waals surface area contributed by atoms with Gasteiger partial charge in [0.2, 0.25) is 0 Å². The number of aromatic nitrogens is 1. The number of carbonyl (C=O) groups is 1. The molecule has 0 saturated heterocycles. The van der Waals surface area contributed by atoms with Crippen LogP contribution in [0.15, 0.2) is 9.72 Å². The van der Waals surface area contributed by atoms with Crippen LogP contribution < -0.4 is 0 Å². The fourth-order valence-electron chi connectivity index (χ4n) is 0.891. The van der Waals surface area contributed by atoms with Gasteiger partial charge in [-0.25, -0.2) is 4.98 Å². The van der Waals surface area contributed by atoms with Crippen LogP contribution in [0.5, 0.6) is 0 Å². The molecule has 0 aliphatic rings. The van der Waals surface area contributed by atoms with E-state index in [0.29, 0.717) is 17.5 Å². The number of halogens is 3. The van der Waals surface area contributed by atoms with Gasteiger partial charge in [0.1, 0.15) is 5.25 Å². The summed E-state index contributed by atoms with van der Waals surface area (Å²) in [7, 11) is 0. The fraction of sp³-hybridized carbons (Fsp3) is 0.500. The van der Waals surface area contributed by atoms with Crippen LogP contribution in [0.3, 0.4) is 0 Å². The van der Waals surface area contributed by atoms with Crippen molar-refractivity contribution in [3.8, 4) is 0 Å². The number of alkyl halides is 3. The summed E-state index contributed by atoms with van der Waals surface area (Å²) in [6.07, 6.45) is -5.49. The Morgan fingerprint density at radius 1 is 1.69 bits per heavy atom. The predicted octanol–water partition coefficient (Wildman–Crippen LogP) is 2.95. The van der Waals surface area contributed by atoms with Gasteiger partial charge in [0.15, 0.2) is 4.34 Å². The first-order valence-electron chi connectivity index (χ1n) is 4.16. The average Bonchev–Trinajstić information content (AvgIpc) is 2.47. The number of carboxylic acid groups (broad SMARTS) is 1. The van der Waals surface area contributed by atoms with Crippen LogP contribution in [-0.2, 0) is 4.79 Å². The van der Waals surface area contributed by atoms with Gasteiger partial charge in [-0.05, 0) is 6.92 Å². The Kier molecular flexibility index (Phi) is 4.20. The molecule has 0 radical (unpaired) electrons. The molecule has 8 heteroatoms. The standard InChI is InChI=1S/C8H8F3NO2S2/c1-4-3-15-7(12-4)16-5(2-6(13)14)8(9,10)11/h3,5H,2H2,1H3,(H,13,14). The van der Waals surface area contributed by atoms with Crippen LogP contribution in [0.2, 0.25) is 0 Å².